The number of hydrogen-bond donors (Lipinski definition) is 1. The third-order valence-electron chi connectivity index (χ3n) is 3.12. The summed E-state index contributed by atoms with van der Waals surface area (Å²) >= 11 is 12.2. The van der Waals surface area contributed by atoms with Crippen LogP contribution >= 0.6 is 23.2 Å². The molecule has 0 saturated heterocycles. The molecule has 3 heteroatoms. The first-order chi connectivity index (χ1) is 8.66. The van der Waals surface area contributed by atoms with E-state index in [0.717, 1.165) is 16.6 Å². The lowest BCUT2D eigenvalue weighted by atomic mass is 9.99. The Balaban J connectivity index is 2.34. The minimum atomic E-state index is 0.654. The van der Waals surface area contributed by atoms with Crippen LogP contribution in [0.15, 0.2) is 42.6 Å². The summed E-state index contributed by atoms with van der Waals surface area (Å²) in [7, 11) is 0. The highest BCUT2D eigenvalue weighted by Crippen LogP contribution is 2.36. The van der Waals surface area contributed by atoms with Gasteiger partial charge in [-0.3, -0.25) is 0 Å². The predicted octanol–water partition coefficient (Wildman–Crippen LogP) is 5.45. The van der Waals surface area contributed by atoms with Crippen molar-refractivity contribution in [2.24, 2.45) is 0 Å². The van der Waals surface area contributed by atoms with Gasteiger partial charge < -0.3 is 4.98 Å². The van der Waals surface area contributed by atoms with E-state index in [2.05, 4.69) is 24.0 Å². The van der Waals surface area contributed by atoms with Crippen LogP contribution in [0.25, 0.3) is 22.0 Å². The van der Waals surface area contributed by atoms with Crippen molar-refractivity contribution in [2.45, 2.75) is 6.92 Å². The molecule has 3 aromatic rings. The molecule has 0 aliphatic rings. The van der Waals surface area contributed by atoms with Crippen LogP contribution < -0.4 is 0 Å². The lowest BCUT2D eigenvalue weighted by molar-refractivity contribution is 1.43. The molecular weight excluding hydrogens is 265 g/mol. The number of benzene rings is 2. The zero-order chi connectivity index (χ0) is 12.7. The molecule has 90 valence electrons. The first-order valence-electron chi connectivity index (χ1n) is 5.69. The first kappa shape index (κ1) is 11.6. The van der Waals surface area contributed by atoms with Crippen molar-refractivity contribution in [3.05, 3.63) is 58.2 Å². The van der Waals surface area contributed by atoms with Gasteiger partial charge in [0.1, 0.15) is 0 Å². The monoisotopic (exact) mass is 275 g/mol. The number of fused-ring (bicyclic) bond motifs is 1. The van der Waals surface area contributed by atoms with E-state index in [0.29, 0.717) is 10.0 Å². The molecule has 1 N–H and O–H groups in total. The third kappa shape index (κ3) is 1.80. The Morgan fingerprint density at radius 1 is 1.00 bits per heavy atom. The molecule has 1 heterocycles. The summed E-state index contributed by atoms with van der Waals surface area (Å²) in [6.45, 7) is 2.09. The maximum absolute atomic E-state index is 6.29. The number of aryl methyl sites for hydroxylation is 1. The number of H-pyrrole nitrogens is 1. The van der Waals surface area contributed by atoms with Crippen molar-refractivity contribution in [2.75, 3.05) is 0 Å². The van der Waals surface area contributed by atoms with Gasteiger partial charge in [0.2, 0.25) is 0 Å². The fraction of sp³-hybridized carbons (Fsp3) is 0.0667. The highest BCUT2D eigenvalue weighted by molar-refractivity contribution is 6.36. The normalized spacial score (nSPS) is 11.1. The van der Waals surface area contributed by atoms with Gasteiger partial charge in [0.25, 0.3) is 0 Å². The molecule has 0 aliphatic heterocycles. The van der Waals surface area contributed by atoms with Crippen LogP contribution in [0, 0.1) is 6.92 Å². The summed E-state index contributed by atoms with van der Waals surface area (Å²) in [6, 6.07) is 11.8. The summed E-state index contributed by atoms with van der Waals surface area (Å²) in [5.74, 6) is 0. The van der Waals surface area contributed by atoms with Crippen LogP contribution in [-0.4, -0.2) is 4.98 Å². The van der Waals surface area contributed by atoms with E-state index in [1.807, 2.05) is 24.4 Å². The zero-order valence-corrected chi connectivity index (χ0v) is 11.3. The van der Waals surface area contributed by atoms with Crippen molar-refractivity contribution in [1.82, 2.24) is 4.98 Å². The topological polar surface area (TPSA) is 15.8 Å². The Labute approximate surface area is 115 Å². The maximum Gasteiger partial charge on any atom is 0.0499 e. The first-order valence-corrected chi connectivity index (χ1v) is 6.44. The van der Waals surface area contributed by atoms with Crippen LogP contribution in [-0.2, 0) is 0 Å². The molecule has 0 amide bonds. The number of aromatic amines is 1. The van der Waals surface area contributed by atoms with Gasteiger partial charge in [-0.2, -0.15) is 0 Å². The molecule has 1 aromatic heterocycles. The molecule has 0 aliphatic carbocycles. The van der Waals surface area contributed by atoms with Crippen molar-refractivity contribution >= 4 is 34.1 Å². The number of rotatable bonds is 1. The van der Waals surface area contributed by atoms with Crippen LogP contribution in [0.2, 0.25) is 10.0 Å². The average Bonchev–Trinajstić information content (AvgIpc) is 2.72. The van der Waals surface area contributed by atoms with Crippen LogP contribution in [0.5, 0.6) is 0 Å². The molecular formula is C15H11Cl2N. The van der Waals surface area contributed by atoms with E-state index < -0.39 is 0 Å². The highest BCUT2D eigenvalue weighted by Gasteiger charge is 2.10. The Morgan fingerprint density at radius 2 is 1.83 bits per heavy atom. The Morgan fingerprint density at radius 3 is 2.61 bits per heavy atom. The molecule has 0 saturated carbocycles. The van der Waals surface area contributed by atoms with Crippen LogP contribution in [0.4, 0.5) is 0 Å². The summed E-state index contributed by atoms with van der Waals surface area (Å²) in [5.41, 5.74) is 4.48. The second-order valence-electron chi connectivity index (χ2n) is 4.32. The van der Waals surface area contributed by atoms with E-state index in [9.17, 15) is 0 Å². The minimum Gasteiger partial charge on any atom is -0.361 e. The van der Waals surface area contributed by atoms with Crippen molar-refractivity contribution < 1.29 is 0 Å². The van der Waals surface area contributed by atoms with Gasteiger partial charge in [-0.15, -0.1) is 0 Å². The summed E-state index contributed by atoms with van der Waals surface area (Å²) in [4.78, 5) is 3.26. The van der Waals surface area contributed by atoms with Gasteiger partial charge in [0, 0.05) is 32.7 Å². The van der Waals surface area contributed by atoms with Gasteiger partial charge in [-0.1, -0.05) is 41.4 Å². The molecule has 0 unspecified atom stereocenters. The lowest BCUT2D eigenvalue weighted by Crippen LogP contribution is -1.82. The molecule has 0 radical (unpaired) electrons. The molecule has 0 atom stereocenters. The van der Waals surface area contributed by atoms with Crippen molar-refractivity contribution in [3.63, 3.8) is 0 Å². The maximum atomic E-state index is 6.29. The van der Waals surface area contributed by atoms with Crippen LogP contribution in [0.3, 0.4) is 0 Å². The second kappa shape index (κ2) is 4.34. The van der Waals surface area contributed by atoms with E-state index in [1.54, 1.807) is 6.07 Å². The Hall–Kier alpha value is -1.44. The van der Waals surface area contributed by atoms with Crippen LogP contribution in [0.1, 0.15) is 5.56 Å². The molecule has 0 spiro atoms. The number of halogens is 2. The largest absolute Gasteiger partial charge is 0.361 e. The van der Waals surface area contributed by atoms with Crippen molar-refractivity contribution in [1.29, 1.82) is 0 Å². The Kier molecular flexibility index (Phi) is 2.81. The molecule has 0 bridgehead atoms. The molecule has 18 heavy (non-hydrogen) atoms. The molecule has 1 nitrogen and oxygen atoms in total. The second-order valence-corrected chi connectivity index (χ2v) is 5.17. The summed E-state index contributed by atoms with van der Waals surface area (Å²) in [6.07, 6.45) is 2.01. The number of hydrogen-bond acceptors (Lipinski definition) is 0. The van der Waals surface area contributed by atoms with E-state index >= 15 is 0 Å². The standard InChI is InChI=1S/C15H11Cl2N/c1-9-8-18-14-4-2-3-12(15(9)14)11-6-5-10(16)7-13(11)17/h2-8,18H,1H3. The number of aromatic nitrogens is 1. The third-order valence-corrected chi connectivity index (χ3v) is 3.67. The molecule has 3 rings (SSSR count). The SMILES string of the molecule is Cc1c[nH]c2cccc(-c3ccc(Cl)cc3Cl)c12. The van der Waals surface area contributed by atoms with E-state index in [-0.39, 0.29) is 0 Å². The molecule has 2 aromatic carbocycles. The van der Waals surface area contributed by atoms with Gasteiger partial charge in [-0.05, 0) is 36.2 Å². The predicted molar refractivity (Wildman–Crippen MR) is 78.5 cm³/mol. The fourth-order valence-corrected chi connectivity index (χ4v) is 2.80. The Bertz CT molecular complexity index is 728. The van der Waals surface area contributed by atoms with Gasteiger partial charge >= 0.3 is 0 Å². The summed E-state index contributed by atoms with van der Waals surface area (Å²) in [5, 5.41) is 2.54. The van der Waals surface area contributed by atoms with Gasteiger partial charge in [-0.25, -0.2) is 0 Å². The molecule has 0 fully saturated rings. The van der Waals surface area contributed by atoms with Gasteiger partial charge in [0.05, 0.1) is 0 Å². The van der Waals surface area contributed by atoms with Gasteiger partial charge in [0.15, 0.2) is 0 Å². The average molecular weight is 276 g/mol. The van der Waals surface area contributed by atoms with E-state index in [1.165, 1.54) is 10.9 Å². The smallest absolute Gasteiger partial charge is 0.0499 e. The zero-order valence-electron chi connectivity index (χ0n) is 9.80. The fourth-order valence-electron chi connectivity index (χ4n) is 2.29. The van der Waals surface area contributed by atoms with E-state index in [4.69, 9.17) is 23.2 Å². The minimum absolute atomic E-state index is 0.654. The summed E-state index contributed by atoms with van der Waals surface area (Å²) < 4.78 is 0. The van der Waals surface area contributed by atoms with Crippen molar-refractivity contribution in [3.8, 4) is 11.1 Å². The number of nitrogens with one attached hydrogen (secondary N) is 1. The quantitative estimate of drug-likeness (QED) is 0.608. The highest BCUT2D eigenvalue weighted by atomic mass is 35.5. The lowest BCUT2D eigenvalue weighted by Gasteiger charge is -2.07.